The minimum atomic E-state index is -0.341. The normalized spacial score (nSPS) is 12.2. The topological polar surface area (TPSA) is 44.1 Å². The van der Waals surface area contributed by atoms with Crippen LogP contribution in [0.3, 0.4) is 0 Å². The van der Waals surface area contributed by atoms with Crippen molar-refractivity contribution in [2.45, 2.75) is 13.3 Å². The predicted octanol–water partition coefficient (Wildman–Crippen LogP) is 2.49. The first kappa shape index (κ1) is 14.3. The van der Waals surface area contributed by atoms with Crippen LogP contribution in [0.4, 0.5) is 4.39 Å². The molecule has 0 aromatic heterocycles. The van der Waals surface area contributed by atoms with E-state index >= 15 is 0 Å². The molecule has 0 heterocycles. The summed E-state index contributed by atoms with van der Waals surface area (Å²) in [6.45, 7) is 3.09. The molecule has 0 spiro atoms. The molecule has 0 amide bonds. The van der Waals surface area contributed by atoms with Crippen LogP contribution >= 0.6 is 0 Å². The van der Waals surface area contributed by atoms with Gasteiger partial charge >= 0.3 is 0 Å². The monoisotopic (exact) mass is 248 g/mol. The Morgan fingerprint density at radius 2 is 2.06 bits per heavy atom. The Hall–Kier alpha value is -1.73. The number of benzene rings is 1. The van der Waals surface area contributed by atoms with Gasteiger partial charge < -0.3 is 4.90 Å². The largest absolute Gasteiger partial charge is 0.305 e. The fourth-order valence-electron chi connectivity index (χ4n) is 1.67. The molecule has 18 heavy (non-hydrogen) atoms. The second kappa shape index (κ2) is 6.87. The van der Waals surface area contributed by atoms with Gasteiger partial charge in [-0.2, -0.15) is 5.26 Å². The van der Waals surface area contributed by atoms with Crippen LogP contribution < -0.4 is 0 Å². The van der Waals surface area contributed by atoms with Crippen molar-refractivity contribution in [3.8, 4) is 6.07 Å². The van der Waals surface area contributed by atoms with Crippen molar-refractivity contribution in [3.05, 3.63) is 35.6 Å². The van der Waals surface area contributed by atoms with Gasteiger partial charge in [0.15, 0.2) is 5.78 Å². The summed E-state index contributed by atoms with van der Waals surface area (Å²) in [6.07, 6.45) is 0.375. The van der Waals surface area contributed by atoms with Crippen molar-refractivity contribution in [1.82, 2.24) is 4.90 Å². The lowest BCUT2D eigenvalue weighted by atomic mass is 10.1. The van der Waals surface area contributed by atoms with Crippen LogP contribution in [0.2, 0.25) is 0 Å². The number of hydrogen-bond donors (Lipinski definition) is 0. The van der Waals surface area contributed by atoms with Gasteiger partial charge in [0.05, 0.1) is 12.0 Å². The first-order chi connectivity index (χ1) is 8.52. The summed E-state index contributed by atoms with van der Waals surface area (Å²) in [7, 11) is 1.88. The maximum absolute atomic E-state index is 12.7. The van der Waals surface area contributed by atoms with Crippen molar-refractivity contribution in [1.29, 1.82) is 5.26 Å². The fourth-order valence-corrected chi connectivity index (χ4v) is 1.67. The van der Waals surface area contributed by atoms with Crippen molar-refractivity contribution < 1.29 is 9.18 Å². The van der Waals surface area contributed by atoms with Crippen LogP contribution in [-0.2, 0) is 0 Å². The van der Waals surface area contributed by atoms with E-state index in [1.54, 1.807) is 0 Å². The second-order valence-corrected chi connectivity index (χ2v) is 4.47. The number of hydrogen-bond acceptors (Lipinski definition) is 3. The van der Waals surface area contributed by atoms with E-state index in [0.29, 0.717) is 25.1 Å². The van der Waals surface area contributed by atoms with Crippen LogP contribution in [0.1, 0.15) is 23.7 Å². The predicted molar refractivity (Wildman–Crippen MR) is 67.6 cm³/mol. The third kappa shape index (κ3) is 4.64. The molecule has 1 aromatic carbocycles. The average molecular weight is 248 g/mol. The van der Waals surface area contributed by atoms with Crippen LogP contribution in [0.5, 0.6) is 0 Å². The number of carbonyl (C=O) groups is 1. The smallest absolute Gasteiger partial charge is 0.164 e. The Labute approximate surface area is 107 Å². The lowest BCUT2D eigenvalue weighted by Gasteiger charge is -2.16. The summed E-state index contributed by atoms with van der Waals surface area (Å²) in [5.74, 6) is -0.395. The van der Waals surface area contributed by atoms with Gasteiger partial charge in [0.1, 0.15) is 5.82 Å². The van der Waals surface area contributed by atoms with Gasteiger partial charge in [-0.1, -0.05) is 0 Å². The summed E-state index contributed by atoms with van der Waals surface area (Å²) in [5.41, 5.74) is 0.526. The Kier molecular flexibility index (Phi) is 5.47. The highest BCUT2D eigenvalue weighted by molar-refractivity contribution is 5.96. The zero-order chi connectivity index (χ0) is 13.5. The molecule has 0 fully saturated rings. The zero-order valence-corrected chi connectivity index (χ0v) is 10.7. The minimum absolute atomic E-state index is 0.00791. The van der Waals surface area contributed by atoms with E-state index in [-0.39, 0.29) is 17.5 Å². The van der Waals surface area contributed by atoms with Gasteiger partial charge in [-0.3, -0.25) is 4.79 Å². The van der Waals surface area contributed by atoms with Crippen LogP contribution in [0.15, 0.2) is 24.3 Å². The number of nitriles is 1. The van der Waals surface area contributed by atoms with Crippen molar-refractivity contribution >= 4 is 5.78 Å². The SMILES string of the molecule is CC(C#N)CN(C)CCC(=O)c1ccc(F)cc1. The van der Waals surface area contributed by atoms with E-state index in [0.717, 1.165) is 0 Å². The molecule has 0 bridgehead atoms. The van der Waals surface area contributed by atoms with E-state index in [4.69, 9.17) is 5.26 Å². The third-order valence-electron chi connectivity index (χ3n) is 2.69. The molecular weight excluding hydrogens is 231 g/mol. The molecule has 0 aliphatic carbocycles. The van der Waals surface area contributed by atoms with Gasteiger partial charge in [-0.05, 0) is 38.2 Å². The summed E-state index contributed by atoms with van der Waals surface area (Å²) in [4.78, 5) is 13.8. The number of carbonyl (C=O) groups excluding carboxylic acids is 1. The molecule has 96 valence electrons. The molecule has 1 atom stereocenters. The van der Waals surface area contributed by atoms with E-state index in [1.165, 1.54) is 24.3 Å². The highest BCUT2D eigenvalue weighted by atomic mass is 19.1. The molecule has 4 heteroatoms. The minimum Gasteiger partial charge on any atom is -0.305 e. The van der Waals surface area contributed by atoms with Crippen molar-refractivity contribution in [3.63, 3.8) is 0 Å². The van der Waals surface area contributed by atoms with E-state index < -0.39 is 0 Å². The number of ketones is 1. The van der Waals surface area contributed by atoms with Gasteiger partial charge in [-0.25, -0.2) is 4.39 Å². The van der Waals surface area contributed by atoms with Crippen LogP contribution in [-0.4, -0.2) is 30.8 Å². The molecule has 3 nitrogen and oxygen atoms in total. The average Bonchev–Trinajstić information content (AvgIpc) is 2.36. The van der Waals surface area contributed by atoms with Crippen LogP contribution in [0, 0.1) is 23.1 Å². The second-order valence-electron chi connectivity index (χ2n) is 4.47. The molecule has 0 aliphatic rings. The Morgan fingerprint density at radius 1 is 1.44 bits per heavy atom. The molecule has 1 rings (SSSR count). The number of Topliss-reactive ketones (excluding diaryl/α,β-unsaturated/α-hetero) is 1. The Morgan fingerprint density at radius 3 is 2.61 bits per heavy atom. The number of rotatable bonds is 6. The quantitative estimate of drug-likeness (QED) is 0.726. The van der Waals surface area contributed by atoms with Crippen molar-refractivity contribution in [2.75, 3.05) is 20.1 Å². The number of halogens is 1. The molecule has 0 aliphatic heterocycles. The zero-order valence-electron chi connectivity index (χ0n) is 10.7. The van der Waals surface area contributed by atoms with E-state index in [9.17, 15) is 9.18 Å². The molecule has 0 saturated carbocycles. The van der Waals surface area contributed by atoms with Gasteiger partial charge in [0.2, 0.25) is 0 Å². The molecule has 1 unspecified atom stereocenters. The molecule has 0 saturated heterocycles. The van der Waals surface area contributed by atoms with Gasteiger partial charge in [0, 0.05) is 25.1 Å². The molecule has 0 radical (unpaired) electrons. The van der Waals surface area contributed by atoms with Gasteiger partial charge in [-0.15, -0.1) is 0 Å². The number of nitrogens with zero attached hydrogens (tertiary/aromatic N) is 2. The molecule has 1 aromatic rings. The molecule has 0 N–H and O–H groups in total. The van der Waals surface area contributed by atoms with E-state index in [1.807, 2.05) is 18.9 Å². The van der Waals surface area contributed by atoms with Gasteiger partial charge in [0.25, 0.3) is 0 Å². The summed E-state index contributed by atoms with van der Waals surface area (Å²) in [5, 5.41) is 8.69. The van der Waals surface area contributed by atoms with Crippen LogP contribution in [0.25, 0.3) is 0 Å². The van der Waals surface area contributed by atoms with Crippen molar-refractivity contribution in [2.24, 2.45) is 5.92 Å². The fraction of sp³-hybridized carbons (Fsp3) is 0.429. The first-order valence-corrected chi connectivity index (χ1v) is 5.90. The standard InChI is InChI=1S/C14H17FN2O/c1-11(9-16)10-17(2)8-7-14(18)12-3-5-13(15)6-4-12/h3-6,11H,7-8,10H2,1-2H3. The lowest BCUT2D eigenvalue weighted by molar-refractivity contribution is 0.0967. The summed E-state index contributed by atoms with van der Waals surface area (Å²) < 4.78 is 12.7. The maximum Gasteiger partial charge on any atom is 0.164 e. The third-order valence-corrected chi connectivity index (χ3v) is 2.69. The maximum atomic E-state index is 12.7. The highest BCUT2D eigenvalue weighted by Gasteiger charge is 2.09. The van der Waals surface area contributed by atoms with E-state index in [2.05, 4.69) is 6.07 Å². The summed E-state index contributed by atoms with van der Waals surface area (Å²) in [6, 6.07) is 7.72. The first-order valence-electron chi connectivity index (χ1n) is 5.90. The Bertz CT molecular complexity index is 436. The lowest BCUT2D eigenvalue weighted by Crippen LogP contribution is -2.26. The highest BCUT2D eigenvalue weighted by Crippen LogP contribution is 2.06. The Balaban J connectivity index is 2.42. The molecular formula is C14H17FN2O. The summed E-state index contributed by atoms with van der Waals surface area (Å²) >= 11 is 0.